The van der Waals surface area contributed by atoms with Crippen LogP contribution >= 0.6 is 11.5 Å². The molecule has 1 aromatic heterocycles. The molecule has 0 aliphatic heterocycles. The summed E-state index contributed by atoms with van der Waals surface area (Å²) in [7, 11) is 1.71. The maximum atomic E-state index is 5.82. The molecule has 0 radical (unpaired) electrons. The zero-order chi connectivity index (χ0) is 13.5. The van der Waals surface area contributed by atoms with Gasteiger partial charge in [-0.3, -0.25) is 0 Å². The first kappa shape index (κ1) is 15.0. The number of nitrogens with zero attached hydrogens (tertiary/aromatic N) is 1. The van der Waals surface area contributed by atoms with E-state index < -0.39 is 0 Å². The number of nitrogens with one attached hydrogen (secondary N) is 1. The van der Waals surface area contributed by atoms with E-state index in [2.05, 4.69) is 16.6 Å². The summed E-state index contributed by atoms with van der Waals surface area (Å²) in [6.45, 7) is 6.75. The molecule has 1 aromatic rings. The van der Waals surface area contributed by atoms with Gasteiger partial charge in [0, 0.05) is 7.11 Å². The average molecular weight is 273 g/mol. The summed E-state index contributed by atoms with van der Waals surface area (Å²) in [4.78, 5) is 0. The summed E-state index contributed by atoms with van der Waals surface area (Å²) in [5, 5.41) is 4.29. The maximum absolute atomic E-state index is 5.82. The van der Waals surface area contributed by atoms with Crippen LogP contribution in [0.3, 0.4) is 0 Å². The lowest BCUT2D eigenvalue weighted by atomic mass is 10.2. The Morgan fingerprint density at radius 1 is 1.44 bits per heavy atom. The van der Waals surface area contributed by atoms with Crippen molar-refractivity contribution in [3.63, 3.8) is 0 Å². The third kappa shape index (κ3) is 4.34. The number of hydrogen-bond acceptors (Lipinski definition) is 6. The van der Waals surface area contributed by atoms with E-state index in [1.165, 1.54) is 11.5 Å². The molecular formula is C12H23N3O2S. The van der Waals surface area contributed by atoms with Gasteiger partial charge < -0.3 is 20.5 Å². The highest BCUT2D eigenvalue weighted by molar-refractivity contribution is 7.11. The molecule has 0 saturated heterocycles. The average Bonchev–Trinajstić information content (AvgIpc) is 2.61. The summed E-state index contributed by atoms with van der Waals surface area (Å²) in [5.41, 5.74) is 5.82. The lowest BCUT2D eigenvalue weighted by Gasteiger charge is -2.18. The maximum Gasteiger partial charge on any atom is 0.197 e. The van der Waals surface area contributed by atoms with Crippen LogP contribution in [0, 0.1) is 0 Å². The summed E-state index contributed by atoms with van der Waals surface area (Å²) in [6.07, 6.45) is 2.21. The molecule has 1 rings (SSSR count). The van der Waals surface area contributed by atoms with Gasteiger partial charge in [0.15, 0.2) is 16.6 Å². The smallest absolute Gasteiger partial charge is 0.197 e. The first-order valence-corrected chi connectivity index (χ1v) is 7.03. The second-order valence-corrected chi connectivity index (χ2v) is 5.25. The summed E-state index contributed by atoms with van der Waals surface area (Å²) in [6, 6.07) is 0.259. The van der Waals surface area contributed by atoms with Crippen LogP contribution in [0.5, 0.6) is 5.75 Å². The largest absolute Gasteiger partial charge is 0.484 e. The van der Waals surface area contributed by atoms with E-state index in [1.807, 2.05) is 13.8 Å². The van der Waals surface area contributed by atoms with Crippen molar-refractivity contribution in [3.8, 4) is 5.75 Å². The highest BCUT2D eigenvalue weighted by Crippen LogP contribution is 2.36. The topological polar surface area (TPSA) is 69.4 Å². The molecule has 3 N–H and O–H groups in total. The molecule has 5 nitrogen and oxygen atoms in total. The zero-order valence-corrected chi connectivity index (χ0v) is 12.3. The van der Waals surface area contributed by atoms with Crippen LogP contribution in [0.25, 0.3) is 0 Å². The molecule has 1 heterocycles. The van der Waals surface area contributed by atoms with Crippen molar-refractivity contribution >= 4 is 22.4 Å². The number of aromatic nitrogens is 1. The van der Waals surface area contributed by atoms with E-state index in [9.17, 15) is 0 Å². The second-order valence-electron chi connectivity index (χ2n) is 4.48. The first-order chi connectivity index (χ1) is 8.58. The van der Waals surface area contributed by atoms with Crippen molar-refractivity contribution in [2.75, 3.05) is 24.8 Å². The monoisotopic (exact) mass is 273 g/mol. The highest BCUT2D eigenvalue weighted by Gasteiger charge is 2.17. The van der Waals surface area contributed by atoms with E-state index in [-0.39, 0.29) is 12.1 Å². The molecule has 1 unspecified atom stereocenters. The first-order valence-electron chi connectivity index (χ1n) is 6.25. The molecule has 6 heteroatoms. The van der Waals surface area contributed by atoms with Gasteiger partial charge in [-0.05, 0) is 31.8 Å². The van der Waals surface area contributed by atoms with Crippen molar-refractivity contribution in [3.05, 3.63) is 0 Å². The van der Waals surface area contributed by atoms with Crippen LogP contribution in [-0.2, 0) is 4.74 Å². The van der Waals surface area contributed by atoms with Gasteiger partial charge >= 0.3 is 0 Å². The van der Waals surface area contributed by atoms with Crippen LogP contribution in [-0.4, -0.2) is 30.2 Å². The number of rotatable bonds is 8. The molecule has 0 aliphatic rings. The summed E-state index contributed by atoms with van der Waals surface area (Å²) in [5.74, 6) is 1.11. The molecular weight excluding hydrogens is 250 g/mol. The van der Waals surface area contributed by atoms with Gasteiger partial charge in [0.25, 0.3) is 0 Å². The quantitative estimate of drug-likeness (QED) is 0.762. The van der Waals surface area contributed by atoms with Gasteiger partial charge in [-0.2, -0.15) is 4.37 Å². The SMILES string of the molecule is CCCC(COC)Nc1snc(N)c1OC(C)C. The van der Waals surface area contributed by atoms with Crippen LogP contribution in [0.15, 0.2) is 0 Å². The van der Waals surface area contributed by atoms with Gasteiger partial charge in [-0.1, -0.05) is 13.3 Å². The predicted molar refractivity (Wildman–Crippen MR) is 76.5 cm³/mol. The van der Waals surface area contributed by atoms with Gasteiger partial charge in [0.05, 0.1) is 18.8 Å². The molecule has 1 atom stereocenters. The Labute approximate surface area is 113 Å². The van der Waals surface area contributed by atoms with Crippen LogP contribution in [0.2, 0.25) is 0 Å². The van der Waals surface area contributed by atoms with Gasteiger partial charge in [-0.15, -0.1) is 0 Å². The predicted octanol–water partition coefficient (Wildman–Crippen LogP) is 2.74. The fraction of sp³-hybridized carbons (Fsp3) is 0.750. The summed E-state index contributed by atoms with van der Waals surface area (Å²) >= 11 is 1.33. The van der Waals surface area contributed by atoms with E-state index in [4.69, 9.17) is 15.2 Å². The lowest BCUT2D eigenvalue weighted by molar-refractivity contribution is 0.182. The molecule has 18 heavy (non-hydrogen) atoms. The zero-order valence-electron chi connectivity index (χ0n) is 11.5. The molecule has 0 aliphatic carbocycles. The number of ether oxygens (including phenoxy) is 2. The number of methoxy groups -OCH3 is 1. The highest BCUT2D eigenvalue weighted by atomic mass is 32.1. The Balaban J connectivity index is 2.75. The molecule has 0 aromatic carbocycles. The fourth-order valence-electron chi connectivity index (χ4n) is 1.67. The molecule has 0 bridgehead atoms. The molecule has 104 valence electrons. The third-order valence-corrected chi connectivity index (χ3v) is 3.14. The third-order valence-electron chi connectivity index (χ3n) is 2.37. The van der Waals surface area contributed by atoms with Crippen molar-refractivity contribution < 1.29 is 9.47 Å². The molecule has 0 saturated carbocycles. The normalized spacial score (nSPS) is 12.7. The van der Waals surface area contributed by atoms with Crippen molar-refractivity contribution in [2.24, 2.45) is 0 Å². The van der Waals surface area contributed by atoms with E-state index >= 15 is 0 Å². The fourth-order valence-corrected chi connectivity index (χ4v) is 2.40. The molecule has 0 spiro atoms. The molecule has 0 amide bonds. The number of nitrogens with two attached hydrogens (primary N) is 1. The van der Waals surface area contributed by atoms with E-state index in [1.54, 1.807) is 7.11 Å². The van der Waals surface area contributed by atoms with Crippen LogP contribution in [0.4, 0.5) is 10.8 Å². The minimum absolute atomic E-state index is 0.0799. The minimum atomic E-state index is 0.0799. The Bertz CT molecular complexity index is 349. The van der Waals surface area contributed by atoms with Gasteiger partial charge in [0.1, 0.15) is 0 Å². The van der Waals surface area contributed by atoms with Crippen LogP contribution < -0.4 is 15.8 Å². The van der Waals surface area contributed by atoms with Gasteiger partial charge in [-0.25, -0.2) is 0 Å². The van der Waals surface area contributed by atoms with E-state index in [0.717, 1.165) is 17.8 Å². The second kappa shape index (κ2) is 7.43. The van der Waals surface area contributed by atoms with Crippen LogP contribution in [0.1, 0.15) is 33.6 Å². The van der Waals surface area contributed by atoms with Gasteiger partial charge in [0.2, 0.25) is 0 Å². The Hall–Kier alpha value is -1.01. The van der Waals surface area contributed by atoms with Crippen molar-refractivity contribution in [1.82, 2.24) is 4.37 Å². The van der Waals surface area contributed by atoms with E-state index in [0.29, 0.717) is 18.2 Å². The van der Waals surface area contributed by atoms with Crippen molar-refractivity contribution in [1.29, 1.82) is 0 Å². The number of hydrogen-bond donors (Lipinski definition) is 2. The summed E-state index contributed by atoms with van der Waals surface area (Å²) < 4.78 is 15.0. The Morgan fingerprint density at radius 2 is 2.17 bits per heavy atom. The number of nitrogen functional groups attached to an aromatic ring is 1. The van der Waals surface area contributed by atoms with Crippen molar-refractivity contribution in [2.45, 2.75) is 45.8 Å². The molecule has 0 fully saturated rings. The number of anilines is 2. The minimum Gasteiger partial charge on any atom is -0.484 e. The standard InChI is InChI=1S/C12H23N3O2S/c1-5-6-9(7-16-4)14-12-10(17-8(2)3)11(13)15-18-12/h8-9,14H,5-7H2,1-4H3,(H2,13,15). The Kier molecular flexibility index (Phi) is 6.21. The lowest BCUT2D eigenvalue weighted by Crippen LogP contribution is -2.24. The Morgan fingerprint density at radius 3 is 2.72 bits per heavy atom.